The van der Waals surface area contributed by atoms with E-state index in [2.05, 4.69) is 17.5 Å². The molecular weight excluding hydrogens is 284 g/mol. The number of hydrogen-bond donors (Lipinski definition) is 3. The fourth-order valence-electron chi connectivity index (χ4n) is 1.11. The van der Waals surface area contributed by atoms with E-state index in [-0.39, 0.29) is 18.7 Å². The molecule has 0 aliphatic rings. The molecule has 1 aromatic carbocycles. The third-order valence-electron chi connectivity index (χ3n) is 1.94. The molecule has 108 valence electrons. The highest BCUT2D eigenvalue weighted by molar-refractivity contribution is 7.78. The average Bonchev–Trinajstić information content (AvgIpc) is 2.36. The van der Waals surface area contributed by atoms with Gasteiger partial charge in [-0.3, -0.25) is 0 Å². The summed E-state index contributed by atoms with van der Waals surface area (Å²) in [6, 6.07) is 2.44. The van der Waals surface area contributed by atoms with Gasteiger partial charge in [-0.05, 0) is 17.7 Å². The Morgan fingerprint density at radius 1 is 1.37 bits per heavy atom. The predicted octanol–water partition coefficient (Wildman–Crippen LogP) is 1.83. The Morgan fingerprint density at radius 3 is 2.37 bits per heavy atom. The second-order valence-corrected chi connectivity index (χ2v) is 3.53. The summed E-state index contributed by atoms with van der Waals surface area (Å²) in [5.74, 6) is -0.912. The Kier molecular flexibility index (Phi) is 8.21. The van der Waals surface area contributed by atoms with E-state index in [1.54, 1.807) is 0 Å². The molecule has 0 aromatic heterocycles. The zero-order valence-electron chi connectivity index (χ0n) is 9.88. The minimum absolute atomic E-state index is 0.103. The molecule has 0 aliphatic heterocycles. The smallest absolute Gasteiger partial charge is 0.395 e. The van der Waals surface area contributed by atoms with Crippen LogP contribution < -0.4 is 11.1 Å². The number of nitrogens with one attached hydrogen (secondary N) is 1. The van der Waals surface area contributed by atoms with Crippen LogP contribution in [0.25, 0.3) is 0 Å². The fraction of sp³-hybridized carbons (Fsp3) is 0.364. The molecule has 0 spiro atoms. The van der Waals surface area contributed by atoms with Gasteiger partial charge in [0.1, 0.15) is 5.82 Å². The molecule has 0 saturated heterocycles. The van der Waals surface area contributed by atoms with Gasteiger partial charge >= 0.3 is 6.18 Å². The maximum atomic E-state index is 12.5. The summed E-state index contributed by atoms with van der Waals surface area (Å²) in [5, 5.41) is 10.7. The Hall–Kier alpha value is -1.25. The van der Waals surface area contributed by atoms with Gasteiger partial charge in [0.25, 0.3) is 0 Å². The Balaban J connectivity index is 0.000000459. The molecule has 0 heterocycles. The number of thiocarbonyl (C=S) groups is 1. The van der Waals surface area contributed by atoms with Gasteiger partial charge in [0, 0.05) is 13.1 Å². The lowest BCUT2D eigenvalue weighted by atomic mass is 10.1. The minimum atomic E-state index is -4.54. The summed E-state index contributed by atoms with van der Waals surface area (Å²) in [6.45, 7) is 0.450. The van der Waals surface area contributed by atoms with E-state index in [9.17, 15) is 17.6 Å². The van der Waals surface area contributed by atoms with Crippen LogP contribution >= 0.6 is 12.2 Å². The van der Waals surface area contributed by atoms with E-state index >= 15 is 0 Å². The Labute approximate surface area is 113 Å². The summed E-state index contributed by atoms with van der Waals surface area (Å²) in [5.41, 5.74) is 5.35. The van der Waals surface area contributed by atoms with Crippen LogP contribution in [0.3, 0.4) is 0 Å². The standard InChI is InChI=1S/C8H7F4N.C3H7NOS/c9-6-2-1-5(4-13)7(3-6)8(10,11)12;5-2-1-4-3-6/h1-3H,4,13H2;3,5H,1-2H2,(H,4,6). The second kappa shape index (κ2) is 8.78. The highest BCUT2D eigenvalue weighted by atomic mass is 32.1. The van der Waals surface area contributed by atoms with E-state index in [0.29, 0.717) is 12.6 Å². The SMILES string of the molecule is NCc1ccc(F)cc1C(F)(F)F.OCCNC=S. The lowest BCUT2D eigenvalue weighted by Crippen LogP contribution is -2.13. The quantitative estimate of drug-likeness (QED) is 0.451. The van der Waals surface area contributed by atoms with Gasteiger partial charge in [0.15, 0.2) is 0 Å². The molecule has 0 amide bonds. The zero-order chi connectivity index (χ0) is 14.9. The summed E-state index contributed by atoms with van der Waals surface area (Å²) >= 11 is 4.37. The molecular formula is C11H14F4N2OS. The van der Waals surface area contributed by atoms with E-state index in [4.69, 9.17) is 10.8 Å². The topological polar surface area (TPSA) is 58.3 Å². The van der Waals surface area contributed by atoms with Crippen molar-refractivity contribution in [2.45, 2.75) is 12.7 Å². The van der Waals surface area contributed by atoms with Gasteiger partial charge < -0.3 is 16.2 Å². The number of hydrogen-bond acceptors (Lipinski definition) is 3. The van der Waals surface area contributed by atoms with Crippen molar-refractivity contribution in [3.8, 4) is 0 Å². The maximum absolute atomic E-state index is 12.5. The first kappa shape index (κ1) is 17.8. The van der Waals surface area contributed by atoms with Crippen LogP contribution in [0, 0.1) is 5.82 Å². The fourth-order valence-corrected chi connectivity index (χ4v) is 1.23. The molecule has 0 aliphatic carbocycles. The number of alkyl halides is 3. The molecule has 0 fully saturated rings. The number of nitrogens with two attached hydrogens (primary N) is 1. The number of halogens is 4. The molecule has 19 heavy (non-hydrogen) atoms. The van der Waals surface area contributed by atoms with Crippen LogP contribution in [0.15, 0.2) is 18.2 Å². The summed E-state index contributed by atoms with van der Waals surface area (Å²) < 4.78 is 49.1. The van der Waals surface area contributed by atoms with Crippen molar-refractivity contribution in [1.82, 2.24) is 5.32 Å². The van der Waals surface area contributed by atoms with Crippen LogP contribution in [0.1, 0.15) is 11.1 Å². The van der Waals surface area contributed by atoms with E-state index in [1.165, 1.54) is 5.49 Å². The number of aliphatic hydroxyl groups excluding tert-OH is 1. The van der Waals surface area contributed by atoms with Crippen molar-refractivity contribution in [3.63, 3.8) is 0 Å². The van der Waals surface area contributed by atoms with Crippen LogP contribution in [0.5, 0.6) is 0 Å². The first-order chi connectivity index (χ1) is 8.86. The highest BCUT2D eigenvalue weighted by Gasteiger charge is 2.33. The summed E-state index contributed by atoms with van der Waals surface area (Å²) in [6.07, 6.45) is -4.54. The zero-order valence-corrected chi connectivity index (χ0v) is 10.7. The third kappa shape index (κ3) is 7.04. The number of rotatable bonds is 4. The van der Waals surface area contributed by atoms with E-state index < -0.39 is 17.6 Å². The second-order valence-electron chi connectivity index (χ2n) is 3.30. The van der Waals surface area contributed by atoms with Gasteiger partial charge in [-0.15, -0.1) is 0 Å². The van der Waals surface area contributed by atoms with Crippen LogP contribution in [0.4, 0.5) is 17.6 Å². The van der Waals surface area contributed by atoms with Crippen LogP contribution in [0.2, 0.25) is 0 Å². The van der Waals surface area contributed by atoms with Gasteiger partial charge in [-0.1, -0.05) is 18.3 Å². The molecule has 1 rings (SSSR count). The average molecular weight is 298 g/mol. The first-order valence-corrected chi connectivity index (χ1v) is 5.67. The van der Waals surface area contributed by atoms with Gasteiger partial charge in [0.05, 0.1) is 17.7 Å². The molecule has 0 saturated carbocycles. The van der Waals surface area contributed by atoms with Crippen molar-refractivity contribution in [3.05, 3.63) is 35.1 Å². The van der Waals surface area contributed by atoms with E-state index in [1.807, 2.05) is 0 Å². The molecule has 8 heteroatoms. The molecule has 0 radical (unpaired) electrons. The van der Waals surface area contributed by atoms with Crippen LogP contribution in [-0.2, 0) is 12.7 Å². The van der Waals surface area contributed by atoms with Crippen molar-refractivity contribution in [1.29, 1.82) is 0 Å². The van der Waals surface area contributed by atoms with Crippen molar-refractivity contribution >= 4 is 17.7 Å². The van der Waals surface area contributed by atoms with Crippen molar-refractivity contribution < 1.29 is 22.7 Å². The first-order valence-electron chi connectivity index (χ1n) is 5.20. The molecule has 0 atom stereocenters. The Bertz CT molecular complexity index is 399. The molecule has 0 unspecified atom stereocenters. The minimum Gasteiger partial charge on any atom is -0.395 e. The lowest BCUT2D eigenvalue weighted by molar-refractivity contribution is -0.138. The van der Waals surface area contributed by atoms with Crippen molar-refractivity contribution in [2.75, 3.05) is 13.2 Å². The van der Waals surface area contributed by atoms with Crippen molar-refractivity contribution in [2.24, 2.45) is 5.73 Å². The monoisotopic (exact) mass is 298 g/mol. The van der Waals surface area contributed by atoms with Gasteiger partial charge in [-0.25, -0.2) is 4.39 Å². The third-order valence-corrected chi connectivity index (χ3v) is 2.10. The van der Waals surface area contributed by atoms with E-state index in [0.717, 1.165) is 12.1 Å². The largest absolute Gasteiger partial charge is 0.416 e. The Morgan fingerprint density at radius 2 is 2.00 bits per heavy atom. The molecule has 3 nitrogen and oxygen atoms in total. The number of aliphatic hydroxyl groups is 1. The molecule has 1 aromatic rings. The van der Waals surface area contributed by atoms with Crippen LogP contribution in [-0.4, -0.2) is 23.7 Å². The predicted molar refractivity (Wildman–Crippen MR) is 68.0 cm³/mol. The normalized spacial score (nSPS) is 10.4. The lowest BCUT2D eigenvalue weighted by Gasteiger charge is -2.10. The molecule has 0 bridgehead atoms. The number of benzene rings is 1. The summed E-state index contributed by atoms with van der Waals surface area (Å²) in [4.78, 5) is 0. The molecule has 4 N–H and O–H groups in total. The maximum Gasteiger partial charge on any atom is 0.416 e. The van der Waals surface area contributed by atoms with Gasteiger partial charge in [0.2, 0.25) is 0 Å². The highest BCUT2D eigenvalue weighted by Crippen LogP contribution is 2.32. The summed E-state index contributed by atoms with van der Waals surface area (Å²) in [7, 11) is 0. The van der Waals surface area contributed by atoms with Gasteiger partial charge in [-0.2, -0.15) is 13.2 Å².